The molecule has 1 atom stereocenters. The number of rotatable bonds is 4. The van der Waals surface area contributed by atoms with Crippen molar-refractivity contribution in [3.8, 4) is 11.4 Å². The Labute approximate surface area is 141 Å². The Bertz CT molecular complexity index is 825. The summed E-state index contributed by atoms with van der Waals surface area (Å²) in [5, 5.41) is 21.7. The van der Waals surface area contributed by atoms with Crippen LogP contribution in [0.4, 0.5) is 4.39 Å². The zero-order valence-corrected chi connectivity index (χ0v) is 13.6. The monoisotopic (exact) mass is 350 g/mol. The molecule has 0 aliphatic carbocycles. The minimum atomic E-state index is -0.443. The van der Waals surface area contributed by atoms with E-state index in [-0.39, 0.29) is 16.0 Å². The van der Waals surface area contributed by atoms with Gasteiger partial charge in [0.2, 0.25) is 5.16 Å². The normalized spacial score (nSPS) is 12.3. The van der Waals surface area contributed by atoms with Crippen LogP contribution in [0.25, 0.3) is 5.69 Å². The first-order chi connectivity index (χ1) is 11.0. The van der Waals surface area contributed by atoms with Gasteiger partial charge in [0.1, 0.15) is 11.6 Å². The smallest absolute Gasteiger partial charge is 0.214 e. The summed E-state index contributed by atoms with van der Waals surface area (Å²) < 4.78 is 14.8. The van der Waals surface area contributed by atoms with Gasteiger partial charge in [-0.05, 0) is 59.3 Å². The van der Waals surface area contributed by atoms with E-state index >= 15 is 0 Å². The van der Waals surface area contributed by atoms with E-state index in [2.05, 4.69) is 15.5 Å². The predicted octanol–water partition coefficient (Wildman–Crippen LogP) is 4.01. The molecule has 0 saturated carbocycles. The van der Waals surface area contributed by atoms with Gasteiger partial charge in [0.25, 0.3) is 0 Å². The summed E-state index contributed by atoms with van der Waals surface area (Å²) >= 11 is 7.26. The van der Waals surface area contributed by atoms with Crippen LogP contribution in [0.15, 0.2) is 47.6 Å². The van der Waals surface area contributed by atoms with Crippen molar-refractivity contribution in [2.45, 2.75) is 17.3 Å². The number of phenols is 1. The lowest BCUT2D eigenvalue weighted by Crippen LogP contribution is -2.00. The average Bonchev–Trinajstić information content (AvgIpc) is 2.99. The molecule has 0 bridgehead atoms. The Hall–Kier alpha value is -2.12. The molecule has 0 spiro atoms. The molecule has 1 N–H and O–H groups in total. The standard InChI is InChI=1S/C15H12ClFN4OS/c1-9(10-2-7-14(17)13(16)8-10)23-15-18-19-20-21(15)11-3-5-12(22)6-4-11/h2-9,22H,1H3. The summed E-state index contributed by atoms with van der Waals surface area (Å²) in [6.45, 7) is 1.96. The predicted molar refractivity (Wildman–Crippen MR) is 86.5 cm³/mol. The van der Waals surface area contributed by atoms with Gasteiger partial charge in [0.15, 0.2) is 0 Å². The highest BCUT2D eigenvalue weighted by atomic mass is 35.5. The summed E-state index contributed by atoms with van der Waals surface area (Å²) in [6, 6.07) is 11.2. The van der Waals surface area contributed by atoms with Crippen molar-refractivity contribution in [1.82, 2.24) is 20.2 Å². The van der Waals surface area contributed by atoms with Crippen molar-refractivity contribution < 1.29 is 9.50 Å². The molecule has 3 rings (SSSR count). The molecular weight excluding hydrogens is 339 g/mol. The molecule has 1 unspecified atom stereocenters. The fraction of sp³-hybridized carbons (Fsp3) is 0.133. The quantitative estimate of drug-likeness (QED) is 0.720. The van der Waals surface area contributed by atoms with Gasteiger partial charge in [-0.2, -0.15) is 4.68 Å². The fourth-order valence-electron chi connectivity index (χ4n) is 2.00. The third-order valence-corrected chi connectivity index (χ3v) is 4.61. The third kappa shape index (κ3) is 3.46. The summed E-state index contributed by atoms with van der Waals surface area (Å²) in [5.74, 6) is -0.271. The van der Waals surface area contributed by atoms with Gasteiger partial charge in [0.05, 0.1) is 10.7 Å². The van der Waals surface area contributed by atoms with E-state index in [9.17, 15) is 9.50 Å². The number of hydrogen-bond donors (Lipinski definition) is 1. The Kier molecular flexibility index (Phi) is 4.49. The zero-order chi connectivity index (χ0) is 16.4. The van der Waals surface area contributed by atoms with Gasteiger partial charge in [-0.3, -0.25) is 0 Å². The van der Waals surface area contributed by atoms with E-state index in [1.807, 2.05) is 6.92 Å². The molecule has 0 aliphatic rings. The number of thioether (sulfide) groups is 1. The number of halogens is 2. The van der Waals surface area contributed by atoms with E-state index in [1.54, 1.807) is 41.1 Å². The SMILES string of the molecule is CC(Sc1nnnn1-c1ccc(O)cc1)c1ccc(F)c(Cl)c1. The fourth-order valence-corrected chi connectivity index (χ4v) is 3.11. The van der Waals surface area contributed by atoms with Crippen molar-refractivity contribution in [2.75, 3.05) is 0 Å². The van der Waals surface area contributed by atoms with Gasteiger partial charge < -0.3 is 5.11 Å². The Morgan fingerprint density at radius 2 is 1.96 bits per heavy atom. The molecule has 0 amide bonds. The van der Waals surface area contributed by atoms with Gasteiger partial charge in [-0.1, -0.05) is 29.4 Å². The topological polar surface area (TPSA) is 63.8 Å². The first-order valence-electron chi connectivity index (χ1n) is 6.74. The first-order valence-corrected chi connectivity index (χ1v) is 8.00. The van der Waals surface area contributed by atoms with Crippen molar-refractivity contribution in [3.05, 3.63) is 58.9 Å². The lowest BCUT2D eigenvalue weighted by Gasteiger charge is -2.12. The minimum absolute atomic E-state index is 0.0186. The van der Waals surface area contributed by atoms with Crippen LogP contribution in [0.3, 0.4) is 0 Å². The Balaban J connectivity index is 1.84. The van der Waals surface area contributed by atoms with Crippen LogP contribution in [-0.2, 0) is 0 Å². The molecule has 1 aromatic heterocycles. The number of aromatic hydroxyl groups is 1. The minimum Gasteiger partial charge on any atom is -0.508 e. The number of nitrogens with zero attached hydrogens (tertiary/aromatic N) is 4. The molecule has 0 fully saturated rings. The number of tetrazole rings is 1. The Morgan fingerprint density at radius 1 is 1.22 bits per heavy atom. The van der Waals surface area contributed by atoms with Gasteiger partial charge in [0, 0.05) is 5.25 Å². The van der Waals surface area contributed by atoms with E-state index in [1.165, 1.54) is 17.8 Å². The molecule has 5 nitrogen and oxygen atoms in total. The number of hydrogen-bond acceptors (Lipinski definition) is 5. The van der Waals surface area contributed by atoms with Crippen LogP contribution in [0.1, 0.15) is 17.7 Å². The first kappa shape index (κ1) is 15.8. The highest BCUT2D eigenvalue weighted by Crippen LogP contribution is 2.35. The van der Waals surface area contributed by atoms with E-state index < -0.39 is 5.82 Å². The van der Waals surface area contributed by atoms with E-state index in [4.69, 9.17) is 11.6 Å². The second kappa shape index (κ2) is 6.55. The molecule has 3 aromatic rings. The van der Waals surface area contributed by atoms with Gasteiger partial charge >= 0.3 is 0 Å². The van der Waals surface area contributed by atoms with Gasteiger partial charge in [-0.25, -0.2) is 4.39 Å². The van der Waals surface area contributed by atoms with E-state index in [0.29, 0.717) is 5.16 Å². The second-order valence-electron chi connectivity index (χ2n) is 4.82. The second-order valence-corrected chi connectivity index (χ2v) is 6.54. The van der Waals surface area contributed by atoms with Crippen LogP contribution in [0, 0.1) is 5.82 Å². The molecule has 0 aliphatic heterocycles. The molecule has 2 aromatic carbocycles. The molecule has 0 radical (unpaired) electrons. The van der Waals surface area contributed by atoms with Gasteiger partial charge in [-0.15, -0.1) is 5.10 Å². The lowest BCUT2D eigenvalue weighted by molar-refractivity contribution is 0.475. The number of phenolic OH excluding ortho intramolecular Hbond substituents is 1. The van der Waals surface area contributed by atoms with E-state index in [0.717, 1.165) is 11.3 Å². The highest BCUT2D eigenvalue weighted by Gasteiger charge is 2.16. The molecule has 8 heteroatoms. The summed E-state index contributed by atoms with van der Waals surface area (Å²) in [7, 11) is 0. The van der Waals surface area contributed by atoms with Crippen LogP contribution < -0.4 is 0 Å². The average molecular weight is 351 g/mol. The molecule has 118 valence electrons. The van der Waals surface area contributed by atoms with Crippen molar-refractivity contribution in [1.29, 1.82) is 0 Å². The maximum Gasteiger partial charge on any atom is 0.214 e. The number of benzene rings is 2. The zero-order valence-electron chi connectivity index (χ0n) is 12.0. The van der Waals surface area contributed by atoms with Crippen LogP contribution in [0.5, 0.6) is 5.75 Å². The molecule has 0 saturated heterocycles. The lowest BCUT2D eigenvalue weighted by atomic mass is 10.2. The van der Waals surface area contributed by atoms with Crippen LogP contribution >= 0.6 is 23.4 Å². The van der Waals surface area contributed by atoms with Crippen molar-refractivity contribution >= 4 is 23.4 Å². The Morgan fingerprint density at radius 3 is 2.65 bits per heavy atom. The summed E-state index contributed by atoms with van der Waals surface area (Å²) in [4.78, 5) is 0. The van der Waals surface area contributed by atoms with Crippen molar-refractivity contribution in [3.63, 3.8) is 0 Å². The molecule has 1 heterocycles. The highest BCUT2D eigenvalue weighted by molar-refractivity contribution is 7.99. The largest absolute Gasteiger partial charge is 0.508 e. The maximum absolute atomic E-state index is 13.3. The summed E-state index contributed by atoms with van der Waals surface area (Å²) in [5.41, 5.74) is 1.61. The third-order valence-electron chi connectivity index (χ3n) is 3.23. The molecular formula is C15H12ClFN4OS. The van der Waals surface area contributed by atoms with Crippen LogP contribution in [-0.4, -0.2) is 25.3 Å². The maximum atomic E-state index is 13.3. The van der Waals surface area contributed by atoms with Crippen molar-refractivity contribution in [2.24, 2.45) is 0 Å². The molecule has 23 heavy (non-hydrogen) atoms. The number of aromatic nitrogens is 4. The summed E-state index contributed by atoms with van der Waals surface area (Å²) in [6.07, 6.45) is 0. The van der Waals surface area contributed by atoms with Crippen LogP contribution in [0.2, 0.25) is 5.02 Å².